The van der Waals surface area contributed by atoms with Crippen molar-refractivity contribution in [1.29, 1.82) is 0 Å². The van der Waals surface area contributed by atoms with E-state index < -0.39 is 23.2 Å². The summed E-state index contributed by atoms with van der Waals surface area (Å²) in [6.45, 7) is 3.16. The third kappa shape index (κ3) is 3.96. The molecule has 2 unspecified atom stereocenters. The second-order valence-corrected chi connectivity index (χ2v) is 5.16. The van der Waals surface area contributed by atoms with Crippen molar-refractivity contribution in [2.75, 3.05) is 0 Å². The molecular formula is C14H18F3NO2. The Morgan fingerprint density at radius 1 is 1.40 bits per heavy atom. The summed E-state index contributed by atoms with van der Waals surface area (Å²) in [5, 5.41) is 9.01. The molecule has 3 N–H and O–H groups in total. The number of carboxylic acids is 1. The minimum absolute atomic E-state index is 0.0835. The quantitative estimate of drug-likeness (QED) is 0.873. The molecule has 0 saturated heterocycles. The van der Waals surface area contributed by atoms with Gasteiger partial charge in [0.1, 0.15) is 5.54 Å². The van der Waals surface area contributed by atoms with Crippen molar-refractivity contribution in [3.05, 3.63) is 35.4 Å². The Morgan fingerprint density at radius 3 is 2.45 bits per heavy atom. The van der Waals surface area contributed by atoms with Gasteiger partial charge in [-0.1, -0.05) is 25.1 Å². The summed E-state index contributed by atoms with van der Waals surface area (Å²) in [5.74, 6) is -1.49. The van der Waals surface area contributed by atoms with E-state index in [0.29, 0.717) is 12.0 Å². The first-order chi connectivity index (χ1) is 9.08. The molecule has 0 heterocycles. The summed E-state index contributed by atoms with van der Waals surface area (Å²) in [6, 6.07) is 4.96. The van der Waals surface area contributed by atoms with Crippen LogP contribution in [0.15, 0.2) is 24.3 Å². The molecule has 0 amide bonds. The Kier molecular flexibility index (Phi) is 4.81. The number of aliphatic carboxylic acids is 1. The summed E-state index contributed by atoms with van der Waals surface area (Å²) in [6.07, 6.45) is -3.81. The minimum Gasteiger partial charge on any atom is -0.480 e. The normalized spacial score (nSPS) is 16.5. The van der Waals surface area contributed by atoms with Crippen LogP contribution in [0.5, 0.6) is 0 Å². The van der Waals surface area contributed by atoms with Crippen molar-refractivity contribution in [2.45, 2.75) is 44.3 Å². The van der Waals surface area contributed by atoms with Crippen LogP contribution in [0.2, 0.25) is 0 Å². The lowest BCUT2D eigenvalue weighted by molar-refractivity contribution is -0.143. The van der Waals surface area contributed by atoms with E-state index in [9.17, 15) is 18.0 Å². The summed E-state index contributed by atoms with van der Waals surface area (Å²) < 4.78 is 38.0. The molecule has 112 valence electrons. The van der Waals surface area contributed by atoms with Gasteiger partial charge in [0, 0.05) is 0 Å². The van der Waals surface area contributed by atoms with Crippen LogP contribution in [0.4, 0.5) is 13.2 Å². The molecule has 0 aromatic heterocycles. The molecule has 0 saturated carbocycles. The number of rotatable bonds is 5. The van der Waals surface area contributed by atoms with Crippen LogP contribution in [0.3, 0.4) is 0 Å². The van der Waals surface area contributed by atoms with Gasteiger partial charge in [0.25, 0.3) is 0 Å². The Labute approximate surface area is 115 Å². The highest BCUT2D eigenvalue weighted by Crippen LogP contribution is 2.34. The SMILES string of the molecule is CCC(CC(C)(N)C(=O)O)c1cccc(C(F)(F)F)c1. The molecule has 0 aliphatic rings. The maximum absolute atomic E-state index is 12.7. The van der Waals surface area contributed by atoms with Crippen LogP contribution in [0.1, 0.15) is 43.7 Å². The van der Waals surface area contributed by atoms with E-state index in [1.807, 2.05) is 0 Å². The maximum Gasteiger partial charge on any atom is 0.416 e. The molecule has 0 spiro atoms. The standard InChI is InChI=1S/C14H18F3NO2/c1-3-9(8-13(2,18)12(19)20)10-5-4-6-11(7-10)14(15,16)17/h4-7,9H,3,8,18H2,1-2H3,(H,19,20). The van der Waals surface area contributed by atoms with Crippen LogP contribution in [-0.4, -0.2) is 16.6 Å². The molecular weight excluding hydrogens is 271 g/mol. The number of halogens is 3. The second kappa shape index (κ2) is 5.83. The van der Waals surface area contributed by atoms with Crippen molar-refractivity contribution in [2.24, 2.45) is 5.73 Å². The van der Waals surface area contributed by atoms with Gasteiger partial charge in [0.15, 0.2) is 0 Å². The van der Waals surface area contributed by atoms with Gasteiger partial charge >= 0.3 is 12.1 Å². The topological polar surface area (TPSA) is 63.3 Å². The van der Waals surface area contributed by atoms with E-state index in [4.69, 9.17) is 10.8 Å². The summed E-state index contributed by atoms with van der Waals surface area (Å²) >= 11 is 0. The lowest BCUT2D eigenvalue weighted by atomic mass is 9.83. The number of carbonyl (C=O) groups is 1. The van der Waals surface area contributed by atoms with E-state index in [2.05, 4.69) is 0 Å². The predicted octanol–water partition coefficient (Wildman–Crippen LogP) is 3.39. The third-order valence-electron chi connectivity index (χ3n) is 3.34. The molecule has 1 aromatic rings. The lowest BCUT2D eigenvalue weighted by Crippen LogP contribution is -2.46. The first kappa shape index (κ1) is 16.5. The smallest absolute Gasteiger partial charge is 0.416 e. The first-order valence-corrected chi connectivity index (χ1v) is 6.27. The van der Waals surface area contributed by atoms with Gasteiger partial charge < -0.3 is 10.8 Å². The van der Waals surface area contributed by atoms with Crippen molar-refractivity contribution < 1.29 is 23.1 Å². The minimum atomic E-state index is -4.41. The average Bonchev–Trinajstić information content (AvgIpc) is 2.35. The number of alkyl halides is 3. The van der Waals surface area contributed by atoms with Crippen LogP contribution >= 0.6 is 0 Å². The van der Waals surface area contributed by atoms with Gasteiger partial charge in [-0.3, -0.25) is 4.79 Å². The number of hydrogen-bond donors (Lipinski definition) is 2. The average molecular weight is 289 g/mol. The van der Waals surface area contributed by atoms with E-state index >= 15 is 0 Å². The van der Waals surface area contributed by atoms with E-state index in [1.54, 1.807) is 13.0 Å². The number of benzene rings is 1. The summed E-state index contributed by atoms with van der Waals surface area (Å²) in [5.41, 5.74) is 3.94. The fourth-order valence-corrected chi connectivity index (χ4v) is 2.07. The monoisotopic (exact) mass is 289 g/mol. The fraction of sp³-hybridized carbons (Fsp3) is 0.500. The van der Waals surface area contributed by atoms with Crippen molar-refractivity contribution in [3.63, 3.8) is 0 Å². The molecule has 1 rings (SSSR count). The van der Waals surface area contributed by atoms with Gasteiger partial charge in [0.2, 0.25) is 0 Å². The highest BCUT2D eigenvalue weighted by atomic mass is 19.4. The van der Waals surface area contributed by atoms with Gasteiger partial charge in [0.05, 0.1) is 5.56 Å². The molecule has 6 heteroatoms. The maximum atomic E-state index is 12.7. The van der Waals surface area contributed by atoms with Crippen molar-refractivity contribution >= 4 is 5.97 Å². The van der Waals surface area contributed by atoms with Gasteiger partial charge in [-0.25, -0.2) is 0 Å². The zero-order valence-corrected chi connectivity index (χ0v) is 11.4. The predicted molar refractivity (Wildman–Crippen MR) is 69.3 cm³/mol. The molecule has 0 aliphatic carbocycles. The fourth-order valence-electron chi connectivity index (χ4n) is 2.07. The van der Waals surface area contributed by atoms with E-state index in [0.717, 1.165) is 12.1 Å². The number of nitrogens with two attached hydrogens (primary N) is 1. The van der Waals surface area contributed by atoms with Crippen LogP contribution in [0.25, 0.3) is 0 Å². The highest BCUT2D eigenvalue weighted by molar-refractivity contribution is 5.77. The Bertz CT molecular complexity index is 484. The van der Waals surface area contributed by atoms with E-state index in [1.165, 1.54) is 13.0 Å². The lowest BCUT2D eigenvalue weighted by Gasteiger charge is -2.26. The molecule has 3 nitrogen and oxygen atoms in total. The third-order valence-corrected chi connectivity index (χ3v) is 3.34. The van der Waals surface area contributed by atoms with Crippen LogP contribution in [-0.2, 0) is 11.0 Å². The van der Waals surface area contributed by atoms with E-state index in [-0.39, 0.29) is 12.3 Å². The Hall–Kier alpha value is -1.56. The van der Waals surface area contributed by atoms with Crippen LogP contribution < -0.4 is 5.73 Å². The largest absolute Gasteiger partial charge is 0.480 e. The molecule has 0 bridgehead atoms. The molecule has 20 heavy (non-hydrogen) atoms. The van der Waals surface area contributed by atoms with Crippen LogP contribution in [0, 0.1) is 0 Å². The second-order valence-electron chi connectivity index (χ2n) is 5.16. The van der Waals surface area contributed by atoms with Gasteiger partial charge in [-0.15, -0.1) is 0 Å². The zero-order chi connectivity index (χ0) is 15.6. The molecule has 2 atom stereocenters. The van der Waals surface area contributed by atoms with Gasteiger partial charge in [-0.05, 0) is 37.3 Å². The number of carboxylic acid groups (broad SMARTS) is 1. The summed E-state index contributed by atoms with van der Waals surface area (Å²) in [7, 11) is 0. The van der Waals surface area contributed by atoms with Crippen molar-refractivity contribution in [3.8, 4) is 0 Å². The molecule has 1 aromatic carbocycles. The molecule has 0 radical (unpaired) electrons. The first-order valence-electron chi connectivity index (χ1n) is 6.27. The van der Waals surface area contributed by atoms with Crippen molar-refractivity contribution in [1.82, 2.24) is 0 Å². The zero-order valence-electron chi connectivity index (χ0n) is 11.4. The highest BCUT2D eigenvalue weighted by Gasteiger charge is 2.33. The summed E-state index contributed by atoms with van der Waals surface area (Å²) in [4.78, 5) is 11.0. The number of hydrogen-bond acceptors (Lipinski definition) is 2. The Morgan fingerprint density at radius 2 is 2.00 bits per heavy atom. The molecule has 0 aliphatic heterocycles. The Balaban J connectivity index is 3.05. The van der Waals surface area contributed by atoms with Gasteiger partial charge in [-0.2, -0.15) is 13.2 Å². The molecule has 0 fully saturated rings.